The summed E-state index contributed by atoms with van der Waals surface area (Å²) in [5.41, 5.74) is 2.57. The number of ether oxygens (including phenoxy) is 1. The summed E-state index contributed by atoms with van der Waals surface area (Å²) < 4.78 is 4.83. The number of methoxy groups -OCH3 is 1. The first kappa shape index (κ1) is 15.3. The Morgan fingerprint density at radius 2 is 2.19 bits per heavy atom. The van der Waals surface area contributed by atoms with Gasteiger partial charge in [0.05, 0.1) is 0 Å². The van der Waals surface area contributed by atoms with E-state index in [0.29, 0.717) is 12.5 Å². The molecule has 0 radical (unpaired) electrons. The van der Waals surface area contributed by atoms with Crippen LogP contribution in [-0.2, 0) is 16.0 Å². The summed E-state index contributed by atoms with van der Waals surface area (Å²) >= 11 is 0. The maximum Gasteiger partial charge on any atom is 0.326 e. The van der Waals surface area contributed by atoms with Crippen LogP contribution in [0.2, 0.25) is 0 Å². The number of hydrogen-bond acceptors (Lipinski definition) is 3. The van der Waals surface area contributed by atoms with Gasteiger partial charge in [0, 0.05) is 32.6 Å². The summed E-state index contributed by atoms with van der Waals surface area (Å²) in [6.07, 6.45) is 1.19. The van der Waals surface area contributed by atoms with Crippen LogP contribution < -0.4 is 10.6 Å². The minimum atomic E-state index is -1.06. The molecule has 0 bridgehead atoms. The third kappa shape index (κ3) is 3.95. The average Bonchev–Trinajstić information content (AvgIpc) is 2.44. The number of carboxylic acid groups (broad SMARTS) is 1. The molecule has 1 aliphatic carbocycles. The van der Waals surface area contributed by atoms with Crippen molar-refractivity contribution in [2.75, 3.05) is 20.3 Å². The van der Waals surface area contributed by atoms with Crippen molar-refractivity contribution in [3.8, 4) is 0 Å². The molecule has 0 heterocycles. The van der Waals surface area contributed by atoms with Crippen LogP contribution in [0.5, 0.6) is 0 Å². The fourth-order valence-electron chi connectivity index (χ4n) is 2.46. The Morgan fingerprint density at radius 1 is 1.43 bits per heavy atom. The van der Waals surface area contributed by atoms with Crippen LogP contribution in [0.3, 0.4) is 0 Å². The Balaban J connectivity index is 1.76. The van der Waals surface area contributed by atoms with E-state index in [2.05, 4.69) is 22.8 Å². The number of aliphatic carboxylic acids is 1. The van der Waals surface area contributed by atoms with Crippen LogP contribution in [0.4, 0.5) is 4.79 Å². The molecule has 0 spiro atoms. The van der Waals surface area contributed by atoms with Crippen molar-refractivity contribution < 1.29 is 19.4 Å². The lowest BCUT2D eigenvalue weighted by molar-refractivity contribution is -0.139. The largest absolute Gasteiger partial charge is 0.480 e. The molecule has 2 unspecified atom stereocenters. The van der Waals surface area contributed by atoms with Crippen LogP contribution in [0, 0.1) is 0 Å². The van der Waals surface area contributed by atoms with E-state index >= 15 is 0 Å². The number of rotatable bonds is 7. The van der Waals surface area contributed by atoms with Crippen molar-refractivity contribution in [3.63, 3.8) is 0 Å². The number of benzene rings is 1. The van der Waals surface area contributed by atoms with E-state index in [0.717, 1.165) is 6.42 Å². The van der Waals surface area contributed by atoms with Gasteiger partial charge in [-0.25, -0.2) is 9.59 Å². The first-order chi connectivity index (χ1) is 10.1. The zero-order valence-corrected chi connectivity index (χ0v) is 12.0. The van der Waals surface area contributed by atoms with Gasteiger partial charge in [0.15, 0.2) is 0 Å². The molecule has 6 heteroatoms. The second-order valence-corrected chi connectivity index (χ2v) is 5.13. The van der Waals surface area contributed by atoms with Crippen molar-refractivity contribution in [1.29, 1.82) is 0 Å². The molecule has 6 nitrogen and oxygen atoms in total. The van der Waals surface area contributed by atoms with Gasteiger partial charge in [-0.15, -0.1) is 0 Å². The van der Waals surface area contributed by atoms with Gasteiger partial charge < -0.3 is 20.5 Å². The van der Waals surface area contributed by atoms with Gasteiger partial charge in [0.2, 0.25) is 0 Å². The van der Waals surface area contributed by atoms with Crippen LogP contribution >= 0.6 is 0 Å². The summed E-state index contributed by atoms with van der Waals surface area (Å²) in [4.78, 5) is 22.8. The zero-order chi connectivity index (χ0) is 15.2. The van der Waals surface area contributed by atoms with Crippen LogP contribution in [-0.4, -0.2) is 43.4 Å². The highest BCUT2D eigenvalue weighted by atomic mass is 16.5. The van der Waals surface area contributed by atoms with Crippen LogP contribution in [0.15, 0.2) is 24.3 Å². The second-order valence-electron chi connectivity index (χ2n) is 5.13. The molecule has 21 heavy (non-hydrogen) atoms. The maximum absolute atomic E-state index is 11.8. The molecule has 2 rings (SSSR count). The molecule has 0 saturated heterocycles. The molecule has 2 amide bonds. The monoisotopic (exact) mass is 292 g/mol. The second kappa shape index (κ2) is 7.08. The predicted octanol–water partition coefficient (Wildman–Crippen LogP) is 1.12. The molecule has 0 fully saturated rings. The number of nitrogens with one attached hydrogen (secondary N) is 2. The van der Waals surface area contributed by atoms with E-state index in [9.17, 15) is 9.59 Å². The quantitative estimate of drug-likeness (QED) is 0.702. The van der Waals surface area contributed by atoms with Gasteiger partial charge in [-0.05, 0) is 17.5 Å². The molecule has 0 aliphatic heterocycles. The molecular formula is C15H20N2O4. The topological polar surface area (TPSA) is 87.7 Å². The van der Waals surface area contributed by atoms with E-state index in [1.54, 1.807) is 0 Å². The van der Waals surface area contributed by atoms with E-state index < -0.39 is 18.0 Å². The first-order valence-electron chi connectivity index (χ1n) is 6.95. The molecule has 0 saturated carbocycles. The number of carbonyl (C=O) groups is 2. The lowest BCUT2D eigenvalue weighted by Crippen LogP contribution is -2.47. The Labute approximate surface area is 123 Å². The number of carboxylic acids is 1. The van der Waals surface area contributed by atoms with Crippen molar-refractivity contribution in [2.24, 2.45) is 0 Å². The third-order valence-corrected chi connectivity index (χ3v) is 3.68. The lowest BCUT2D eigenvalue weighted by Gasteiger charge is -2.30. The van der Waals surface area contributed by atoms with E-state index in [-0.39, 0.29) is 13.0 Å². The van der Waals surface area contributed by atoms with Gasteiger partial charge in [0.25, 0.3) is 0 Å². The minimum Gasteiger partial charge on any atom is -0.480 e. The molecule has 1 aromatic carbocycles. The third-order valence-electron chi connectivity index (χ3n) is 3.68. The Hall–Kier alpha value is -2.08. The lowest BCUT2D eigenvalue weighted by atomic mass is 9.78. The van der Waals surface area contributed by atoms with E-state index in [1.807, 2.05) is 12.1 Å². The highest BCUT2D eigenvalue weighted by Crippen LogP contribution is 2.33. The Kier molecular flexibility index (Phi) is 5.16. The number of fused-ring (bicyclic) bond motifs is 1. The van der Waals surface area contributed by atoms with Crippen LogP contribution in [0.1, 0.15) is 23.5 Å². The number of carbonyl (C=O) groups excluding carboxylic acids is 1. The SMILES string of the molecule is COCCC(NC(=O)NCC1Cc2ccccc21)C(=O)O. The summed E-state index contributed by atoms with van der Waals surface area (Å²) in [6.45, 7) is 0.798. The summed E-state index contributed by atoms with van der Waals surface area (Å²) in [5, 5.41) is 14.2. The van der Waals surface area contributed by atoms with Gasteiger partial charge >= 0.3 is 12.0 Å². The molecule has 1 aliphatic rings. The fourth-order valence-corrected chi connectivity index (χ4v) is 2.46. The number of hydrogen-bond donors (Lipinski definition) is 3. The smallest absolute Gasteiger partial charge is 0.326 e. The predicted molar refractivity (Wildman–Crippen MR) is 77.3 cm³/mol. The van der Waals surface area contributed by atoms with Crippen molar-refractivity contribution in [3.05, 3.63) is 35.4 Å². The normalized spacial score (nSPS) is 17.3. The van der Waals surface area contributed by atoms with Gasteiger partial charge in [-0.2, -0.15) is 0 Å². The number of amides is 2. The Morgan fingerprint density at radius 3 is 2.86 bits per heavy atom. The van der Waals surface area contributed by atoms with Crippen LogP contribution in [0.25, 0.3) is 0 Å². The molecule has 1 aromatic rings. The molecule has 114 valence electrons. The summed E-state index contributed by atoms with van der Waals surface area (Å²) in [7, 11) is 1.49. The van der Waals surface area contributed by atoms with E-state index in [1.165, 1.54) is 18.2 Å². The maximum atomic E-state index is 11.8. The van der Waals surface area contributed by atoms with E-state index in [4.69, 9.17) is 9.84 Å². The van der Waals surface area contributed by atoms with Gasteiger partial charge in [-0.1, -0.05) is 24.3 Å². The fraction of sp³-hybridized carbons (Fsp3) is 0.467. The van der Waals surface area contributed by atoms with Gasteiger partial charge in [-0.3, -0.25) is 0 Å². The van der Waals surface area contributed by atoms with Crippen molar-refractivity contribution in [2.45, 2.75) is 24.8 Å². The first-order valence-corrected chi connectivity index (χ1v) is 6.95. The highest BCUT2D eigenvalue weighted by Gasteiger charge is 2.26. The number of urea groups is 1. The average molecular weight is 292 g/mol. The van der Waals surface area contributed by atoms with Crippen molar-refractivity contribution in [1.82, 2.24) is 10.6 Å². The minimum absolute atomic E-state index is 0.242. The molecule has 2 atom stereocenters. The van der Waals surface area contributed by atoms with Crippen molar-refractivity contribution >= 4 is 12.0 Å². The Bertz CT molecular complexity index is 518. The summed E-state index contributed by atoms with van der Waals surface area (Å²) in [5.74, 6) is -0.745. The zero-order valence-electron chi connectivity index (χ0n) is 12.0. The molecule has 3 N–H and O–H groups in total. The highest BCUT2D eigenvalue weighted by molar-refractivity contribution is 5.82. The molecular weight excluding hydrogens is 272 g/mol. The molecule has 0 aromatic heterocycles. The summed E-state index contributed by atoms with van der Waals surface area (Å²) in [6, 6.07) is 6.74. The standard InChI is InChI=1S/C15H20N2O4/c1-21-7-6-13(14(18)19)17-15(20)16-9-11-8-10-4-2-3-5-12(10)11/h2-5,11,13H,6-9H2,1H3,(H,18,19)(H2,16,17,20). The van der Waals surface area contributed by atoms with Gasteiger partial charge in [0.1, 0.15) is 6.04 Å².